The minimum atomic E-state index is -0.228. The molecule has 1 aliphatic carbocycles. The lowest BCUT2D eigenvalue weighted by molar-refractivity contribution is -0.118. The molecule has 7 heteroatoms. The van der Waals surface area contributed by atoms with Crippen LogP contribution in [-0.4, -0.2) is 32.5 Å². The summed E-state index contributed by atoms with van der Waals surface area (Å²) in [5, 5.41) is 12.1. The highest BCUT2D eigenvalue weighted by Crippen LogP contribution is 2.26. The second kappa shape index (κ2) is 7.47. The molecule has 1 amide bonds. The molecule has 3 rings (SSSR count). The second-order valence-electron chi connectivity index (χ2n) is 6.56. The Morgan fingerprint density at radius 2 is 2.16 bits per heavy atom. The Morgan fingerprint density at radius 1 is 1.40 bits per heavy atom. The van der Waals surface area contributed by atoms with E-state index in [9.17, 15) is 4.79 Å². The number of hydrogen-bond acceptors (Lipinski definition) is 5. The number of nitrogens with one attached hydrogen (secondary N) is 1. The van der Waals surface area contributed by atoms with Crippen molar-refractivity contribution in [3.63, 3.8) is 0 Å². The molecule has 0 radical (unpaired) electrons. The highest BCUT2D eigenvalue weighted by atomic mass is 32.2. The fourth-order valence-electron chi connectivity index (χ4n) is 2.61. The van der Waals surface area contributed by atoms with Gasteiger partial charge in [-0.05, 0) is 45.2 Å². The molecule has 1 atom stereocenters. The van der Waals surface area contributed by atoms with Gasteiger partial charge in [0.15, 0.2) is 17.1 Å². The van der Waals surface area contributed by atoms with Gasteiger partial charge in [-0.2, -0.15) is 0 Å². The van der Waals surface area contributed by atoms with Crippen LogP contribution in [0.2, 0.25) is 0 Å². The zero-order valence-corrected chi connectivity index (χ0v) is 15.9. The normalized spacial score (nSPS) is 15.0. The topological polar surface area (TPSA) is 69.0 Å². The first kappa shape index (κ1) is 17.8. The molecule has 0 aliphatic heterocycles. The fraction of sp³-hybridized carbons (Fsp3) is 0.500. The maximum absolute atomic E-state index is 11.8. The van der Waals surface area contributed by atoms with Gasteiger partial charge in [-0.15, -0.1) is 10.2 Å². The number of aryl methyl sites for hydroxylation is 2. The lowest BCUT2D eigenvalue weighted by Gasteiger charge is -2.16. The summed E-state index contributed by atoms with van der Waals surface area (Å²) in [7, 11) is 1.90. The molecule has 0 saturated heterocycles. The van der Waals surface area contributed by atoms with Gasteiger partial charge in [-0.25, -0.2) is 0 Å². The molecular formula is C18H24N4O2S. The zero-order chi connectivity index (χ0) is 18.0. The number of thioether (sulfide) groups is 1. The van der Waals surface area contributed by atoms with E-state index in [1.165, 1.54) is 17.3 Å². The Morgan fingerprint density at radius 3 is 2.84 bits per heavy atom. The first-order chi connectivity index (χ1) is 11.9. The van der Waals surface area contributed by atoms with E-state index in [4.69, 9.17) is 4.74 Å². The van der Waals surface area contributed by atoms with Crippen LogP contribution in [0.5, 0.6) is 5.75 Å². The largest absolute Gasteiger partial charge is 0.482 e. The van der Waals surface area contributed by atoms with Gasteiger partial charge in [0.1, 0.15) is 5.75 Å². The van der Waals surface area contributed by atoms with Crippen LogP contribution in [0.3, 0.4) is 0 Å². The van der Waals surface area contributed by atoms with E-state index in [-0.39, 0.29) is 12.0 Å². The van der Waals surface area contributed by atoms with Gasteiger partial charge in [-0.3, -0.25) is 4.79 Å². The molecule has 1 heterocycles. The lowest BCUT2D eigenvalue weighted by atomic mass is 10.1. The predicted octanol–water partition coefficient (Wildman–Crippen LogP) is 2.94. The van der Waals surface area contributed by atoms with Gasteiger partial charge in [0, 0.05) is 13.1 Å². The van der Waals surface area contributed by atoms with Gasteiger partial charge in [0.2, 0.25) is 5.91 Å². The number of hydrogen-bond donors (Lipinski definition) is 1. The van der Waals surface area contributed by atoms with Crippen LogP contribution >= 0.6 is 11.8 Å². The number of carbonyl (C=O) groups excluding carboxylic acids is 1. The summed E-state index contributed by atoms with van der Waals surface area (Å²) in [5.74, 6) is 2.00. The fourth-order valence-corrected chi connectivity index (χ4v) is 3.34. The summed E-state index contributed by atoms with van der Waals surface area (Å²) in [5.41, 5.74) is 2.31. The van der Waals surface area contributed by atoms with E-state index in [0.29, 0.717) is 11.8 Å². The van der Waals surface area contributed by atoms with Crippen LogP contribution in [0.15, 0.2) is 23.4 Å². The third kappa shape index (κ3) is 4.54. The quantitative estimate of drug-likeness (QED) is 0.769. The van der Waals surface area contributed by atoms with Crippen molar-refractivity contribution in [2.75, 3.05) is 5.75 Å². The molecular weight excluding hydrogens is 336 g/mol. The van der Waals surface area contributed by atoms with Gasteiger partial charge in [0.05, 0.1) is 5.75 Å². The Kier molecular flexibility index (Phi) is 5.32. The van der Waals surface area contributed by atoms with Gasteiger partial charge in [-0.1, -0.05) is 29.5 Å². The minimum Gasteiger partial charge on any atom is -0.482 e. The van der Waals surface area contributed by atoms with E-state index in [1.807, 2.05) is 37.6 Å². The Labute approximate surface area is 152 Å². The number of ether oxygens (including phenoxy) is 1. The number of aromatic nitrogens is 3. The molecule has 6 nitrogen and oxygen atoms in total. The van der Waals surface area contributed by atoms with Crippen molar-refractivity contribution in [3.05, 3.63) is 35.2 Å². The first-order valence-electron chi connectivity index (χ1n) is 8.49. The van der Waals surface area contributed by atoms with Crippen molar-refractivity contribution in [1.82, 2.24) is 20.1 Å². The van der Waals surface area contributed by atoms with E-state index in [0.717, 1.165) is 35.1 Å². The molecule has 2 aromatic rings. The summed E-state index contributed by atoms with van der Waals surface area (Å²) >= 11 is 1.40. The van der Waals surface area contributed by atoms with Crippen molar-refractivity contribution >= 4 is 17.7 Å². The summed E-state index contributed by atoms with van der Waals surface area (Å²) in [6.07, 6.45) is 1.96. The van der Waals surface area contributed by atoms with Crippen LogP contribution in [0, 0.1) is 13.8 Å². The molecule has 1 saturated carbocycles. The molecule has 1 fully saturated rings. The lowest BCUT2D eigenvalue weighted by Crippen LogP contribution is -2.27. The monoisotopic (exact) mass is 360 g/mol. The Hall–Kier alpha value is -2.02. The predicted molar refractivity (Wildman–Crippen MR) is 97.9 cm³/mol. The third-order valence-electron chi connectivity index (χ3n) is 4.14. The first-order valence-corrected chi connectivity index (χ1v) is 9.48. The molecule has 1 unspecified atom stereocenters. The Balaban J connectivity index is 1.61. The number of amides is 1. The van der Waals surface area contributed by atoms with Crippen molar-refractivity contribution < 1.29 is 9.53 Å². The third-order valence-corrected chi connectivity index (χ3v) is 5.16. The number of rotatable bonds is 7. The van der Waals surface area contributed by atoms with Crippen LogP contribution in [0.4, 0.5) is 0 Å². The highest BCUT2D eigenvalue weighted by molar-refractivity contribution is 7.99. The maximum Gasteiger partial charge on any atom is 0.230 e. The number of carbonyl (C=O) groups is 1. The summed E-state index contributed by atoms with van der Waals surface area (Å²) in [6, 6.07) is 6.49. The summed E-state index contributed by atoms with van der Waals surface area (Å²) in [6.45, 7) is 6.05. The molecule has 0 spiro atoms. The number of benzene rings is 1. The smallest absolute Gasteiger partial charge is 0.230 e. The second-order valence-corrected chi connectivity index (χ2v) is 7.50. The standard InChI is InChI=1S/C18H24N4O2S/c1-11-5-8-15(12(2)9-11)24-13(3)17-20-21-18(22(17)4)25-10-16(23)19-14-6-7-14/h5,8-9,13-14H,6-7,10H2,1-4H3,(H,19,23). The van der Waals surface area contributed by atoms with Crippen LogP contribution in [0.25, 0.3) is 0 Å². The minimum absolute atomic E-state index is 0.0524. The van der Waals surface area contributed by atoms with Crippen molar-refractivity contribution in [2.45, 2.75) is 50.9 Å². The van der Waals surface area contributed by atoms with E-state index in [1.54, 1.807) is 0 Å². The summed E-state index contributed by atoms with van der Waals surface area (Å²) < 4.78 is 7.95. The summed E-state index contributed by atoms with van der Waals surface area (Å²) in [4.78, 5) is 11.8. The molecule has 1 aliphatic rings. The van der Waals surface area contributed by atoms with Crippen LogP contribution in [-0.2, 0) is 11.8 Å². The van der Waals surface area contributed by atoms with Crippen LogP contribution in [0.1, 0.15) is 42.8 Å². The molecule has 1 aromatic carbocycles. The van der Waals surface area contributed by atoms with Crippen LogP contribution < -0.4 is 10.1 Å². The maximum atomic E-state index is 11.8. The van der Waals surface area contributed by atoms with Gasteiger partial charge >= 0.3 is 0 Å². The van der Waals surface area contributed by atoms with Gasteiger partial charge in [0.25, 0.3) is 0 Å². The van der Waals surface area contributed by atoms with E-state index < -0.39 is 0 Å². The van der Waals surface area contributed by atoms with Gasteiger partial charge < -0.3 is 14.6 Å². The highest BCUT2D eigenvalue weighted by Gasteiger charge is 2.24. The zero-order valence-electron chi connectivity index (χ0n) is 15.1. The average Bonchev–Trinajstić information content (AvgIpc) is 3.29. The molecule has 25 heavy (non-hydrogen) atoms. The Bertz CT molecular complexity index is 770. The van der Waals surface area contributed by atoms with Crippen molar-refractivity contribution in [1.29, 1.82) is 0 Å². The van der Waals surface area contributed by atoms with E-state index >= 15 is 0 Å². The molecule has 1 aromatic heterocycles. The van der Waals surface area contributed by atoms with Crippen molar-refractivity contribution in [2.24, 2.45) is 7.05 Å². The van der Waals surface area contributed by atoms with E-state index in [2.05, 4.69) is 28.5 Å². The SMILES string of the molecule is Cc1ccc(OC(C)c2nnc(SCC(=O)NC3CC3)n2C)c(C)c1. The number of nitrogens with zero attached hydrogens (tertiary/aromatic N) is 3. The molecule has 1 N–H and O–H groups in total. The average molecular weight is 360 g/mol. The van der Waals surface area contributed by atoms with Crippen molar-refractivity contribution in [3.8, 4) is 5.75 Å². The molecule has 134 valence electrons. The molecule has 0 bridgehead atoms.